The molecule has 8 nitrogen and oxygen atoms in total. The number of fused-ring (bicyclic) bond motifs is 3. The standard InChI is InChI=1S/C50H49N3O5/c1-35-28-30-39(31-29-35)50(37-19-7-3-8-20-37,38-21-9-4-10-22-38)51-32-16-15-27-45(48(55)56)52-47(54)46(33-36-17-5-2-6-18-36)53-49(57)58-34-44-42-25-13-11-23-40(42)41-24-12-14-26-43(41)44/h2-14,17-26,28-31,44-46,51H,15-16,27,32-34H2,1H3,(H,52,54)(H,53,57)(H,55,56). The normalized spacial score (nSPS) is 13.1. The molecule has 0 saturated heterocycles. The van der Waals surface area contributed by atoms with Crippen molar-refractivity contribution in [2.24, 2.45) is 0 Å². The number of aliphatic carboxylic acids is 1. The van der Waals surface area contributed by atoms with Crippen LogP contribution in [0.15, 0.2) is 164 Å². The van der Waals surface area contributed by atoms with E-state index in [1.54, 1.807) is 0 Å². The molecule has 6 aromatic rings. The van der Waals surface area contributed by atoms with E-state index in [0.717, 1.165) is 44.5 Å². The van der Waals surface area contributed by atoms with Crippen LogP contribution in [-0.2, 0) is 26.3 Å². The number of benzene rings is 6. The van der Waals surface area contributed by atoms with Gasteiger partial charge in [0.15, 0.2) is 0 Å². The number of aryl methyl sites for hydroxylation is 1. The summed E-state index contributed by atoms with van der Waals surface area (Å²) in [4.78, 5) is 39.8. The van der Waals surface area contributed by atoms with Crippen LogP contribution in [0.3, 0.4) is 0 Å². The number of nitrogens with one attached hydrogen (secondary N) is 3. The summed E-state index contributed by atoms with van der Waals surface area (Å²) in [5.74, 6) is -1.87. The number of carbonyl (C=O) groups is 3. The molecule has 58 heavy (non-hydrogen) atoms. The van der Waals surface area contributed by atoms with Gasteiger partial charge in [-0.3, -0.25) is 10.1 Å². The van der Waals surface area contributed by atoms with Crippen LogP contribution in [0, 0.1) is 6.92 Å². The lowest BCUT2D eigenvalue weighted by Gasteiger charge is -2.37. The van der Waals surface area contributed by atoms with Crippen LogP contribution >= 0.6 is 0 Å². The Bertz CT molecular complexity index is 2210. The lowest BCUT2D eigenvalue weighted by molar-refractivity contribution is -0.142. The molecular weight excluding hydrogens is 723 g/mol. The average molecular weight is 772 g/mol. The molecule has 0 aromatic heterocycles. The van der Waals surface area contributed by atoms with E-state index in [1.165, 1.54) is 5.56 Å². The number of ether oxygens (including phenoxy) is 1. The minimum Gasteiger partial charge on any atom is -0.480 e. The Kier molecular flexibility index (Phi) is 12.8. The van der Waals surface area contributed by atoms with Gasteiger partial charge in [0.2, 0.25) is 5.91 Å². The van der Waals surface area contributed by atoms with Crippen LogP contribution in [0.1, 0.15) is 64.1 Å². The molecule has 4 N–H and O–H groups in total. The summed E-state index contributed by atoms with van der Waals surface area (Å²) < 4.78 is 5.78. The van der Waals surface area contributed by atoms with E-state index >= 15 is 0 Å². The van der Waals surface area contributed by atoms with Crippen LogP contribution in [0.4, 0.5) is 4.79 Å². The SMILES string of the molecule is Cc1ccc(C(NCCCCC(NC(=O)C(Cc2ccccc2)NC(=O)OCC2c3ccccc3-c3ccccc32)C(=O)O)(c2ccccc2)c2ccccc2)cc1. The molecule has 0 spiro atoms. The van der Waals surface area contributed by atoms with Gasteiger partial charge in [0.05, 0.1) is 5.54 Å². The highest BCUT2D eigenvalue weighted by Gasteiger charge is 2.36. The minimum absolute atomic E-state index is 0.0884. The molecule has 0 radical (unpaired) electrons. The van der Waals surface area contributed by atoms with Crippen LogP contribution in [0.25, 0.3) is 11.1 Å². The molecule has 1 aliphatic carbocycles. The molecule has 7 rings (SSSR count). The van der Waals surface area contributed by atoms with Crippen molar-refractivity contribution in [2.45, 2.75) is 56.1 Å². The van der Waals surface area contributed by atoms with Gasteiger partial charge in [-0.1, -0.05) is 169 Å². The van der Waals surface area contributed by atoms with E-state index in [2.05, 4.69) is 83.5 Å². The Balaban J connectivity index is 1.01. The number of alkyl carbamates (subject to hydrolysis) is 1. The molecule has 0 aliphatic heterocycles. The van der Waals surface area contributed by atoms with Gasteiger partial charge in [-0.15, -0.1) is 0 Å². The van der Waals surface area contributed by atoms with Crippen LogP contribution < -0.4 is 16.0 Å². The molecule has 2 unspecified atom stereocenters. The van der Waals surface area contributed by atoms with Gasteiger partial charge in [0.1, 0.15) is 18.7 Å². The second kappa shape index (κ2) is 18.6. The van der Waals surface area contributed by atoms with Crippen molar-refractivity contribution in [1.82, 2.24) is 16.0 Å². The summed E-state index contributed by atoms with van der Waals surface area (Å²) in [7, 11) is 0. The highest BCUT2D eigenvalue weighted by molar-refractivity contribution is 5.89. The fourth-order valence-electron chi connectivity index (χ4n) is 8.11. The molecule has 0 saturated carbocycles. The maximum Gasteiger partial charge on any atom is 0.407 e. The number of amides is 2. The number of rotatable bonds is 17. The van der Waals surface area contributed by atoms with E-state index in [4.69, 9.17) is 4.74 Å². The first kappa shape index (κ1) is 39.7. The van der Waals surface area contributed by atoms with E-state index < -0.39 is 35.6 Å². The number of unbranched alkanes of at least 4 members (excludes halogenated alkanes) is 1. The van der Waals surface area contributed by atoms with Crippen molar-refractivity contribution in [3.63, 3.8) is 0 Å². The molecule has 2 atom stereocenters. The van der Waals surface area contributed by atoms with E-state index in [1.807, 2.05) is 103 Å². The summed E-state index contributed by atoms with van der Waals surface area (Å²) in [6.07, 6.45) is 0.803. The Morgan fingerprint density at radius 2 is 1.14 bits per heavy atom. The Morgan fingerprint density at radius 1 is 0.621 bits per heavy atom. The third kappa shape index (κ3) is 9.03. The molecule has 294 valence electrons. The maximum atomic E-state index is 13.8. The van der Waals surface area contributed by atoms with Crippen LogP contribution in [0.5, 0.6) is 0 Å². The summed E-state index contributed by atoms with van der Waals surface area (Å²) in [6, 6.07) is 52.5. The van der Waals surface area contributed by atoms with Crippen LogP contribution in [0.2, 0.25) is 0 Å². The van der Waals surface area contributed by atoms with Gasteiger partial charge in [-0.25, -0.2) is 9.59 Å². The van der Waals surface area contributed by atoms with Crippen molar-refractivity contribution < 1.29 is 24.2 Å². The molecule has 2 amide bonds. The highest BCUT2D eigenvalue weighted by atomic mass is 16.5. The quantitative estimate of drug-likeness (QED) is 0.0545. The van der Waals surface area contributed by atoms with E-state index in [-0.39, 0.29) is 25.4 Å². The van der Waals surface area contributed by atoms with E-state index in [0.29, 0.717) is 19.4 Å². The number of hydrogen-bond donors (Lipinski definition) is 4. The first-order valence-electron chi connectivity index (χ1n) is 20.0. The van der Waals surface area contributed by atoms with Gasteiger partial charge in [0.25, 0.3) is 0 Å². The fourth-order valence-corrected chi connectivity index (χ4v) is 8.11. The van der Waals surface area contributed by atoms with Crippen molar-refractivity contribution in [3.05, 3.63) is 203 Å². The second-order valence-electron chi connectivity index (χ2n) is 14.9. The lowest BCUT2D eigenvalue weighted by Crippen LogP contribution is -2.52. The number of carboxylic acids is 1. The zero-order valence-corrected chi connectivity index (χ0v) is 32.6. The third-order valence-electron chi connectivity index (χ3n) is 11.1. The Hall–Kier alpha value is -6.51. The molecule has 0 heterocycles. The van der Waals surface area contributed by atoms with Gasteiger partial charge in [-0.2, -0.15) is 0 Å². The van der Waals surface area contributed by atoms with Gasteiger partial charge < -0.3 is 20.5 Å². The predicted molar refractivity (Wildman–Crippen MR) is 228 cm³/mol. The zero-order valence-electron chi connectivity index (χ0n) is 32.6. The number of carbonyl (C=O) groups excluding carboxylic acids is 2. The summed E-state index contributed by atoms with van der Waals surface area (Å²) in [5, 5.41) is 19.6. The van der Waals surface area contributed by atoms with Gasteiger partial charge in [0, 0.05) is 12.3 Å². The van der Waals surface area contributed by atoms with Crippen molar-refractivity contribution >= 4 is 18.0 Å². The predicted octanol–water partition coefficient (Wildman–Crippen LogP) is 8.77. The number of carboxylic acid groups (broad SMARTS) is 1. The lowest BCUT2D eigenvalue weighted by atomic mass is 9.76. The largest absolute Gasteiger partial charge is 0.480 e. The summed E-state index contributed by atoms with van der Waals surface area (Å²) in [5.41, 5.74) is 9.00. The van der Waals surface area contributed by atoms with Crippen molar-refractivity contribution in [2.75, 3.05) is 13.2 Å². The van der Waals surface area contributed by atoms with Gasteiger partial charge >= 0.3 is 12.1 Å². The average Bonchev–Trinajstić information content (AvgIpc) is 3.58. The second-order valence-corrected chi connectivity index (χ2v) is 14.9. The Morgan fingerprint density at radius 3 is 1.71 bits per heavy atom. The fraction of sp³-hybridized carbons (Fsp3) is 0.220. The molecule has 6 aromatic carbocycles. The minimum atomic E-state index is -1.15. The van der Waals surface area contributed by atoms with Crippen molar-refractivity contribution in [3.8, 4) is 11.1 Å². The third-order valence-corrected chi connectivity index (χ3v) is 11.1. The molecule has 0 fully saturated rings. The smallest absolute Gasteiger partial charge is 0.407 e. The zero-order chi connectivity index (χ0) is 40.3. The monoisotopic (exact) mass is 771 g/mol. The molecule has 8 heteroatoms. The van der Waals surface area contributed by atoms with Crippen molar-refractivity contribution in [1.29, 1.82) is 0 Å². The Labute approximate surface area is 340 Å². The first-order chi connectivity index (χ1) is 28.3. The molecule has 0 bridgehead atoms. The highest BCUT2D eigenvalue weighted by Crippen LogP contribution is 2.44. The topological polar surface area (TPSA) is 117 Å². The van der Waals surface area contributed by atoms with E-state index in [9.17, 15) is 19.5 Å². The van der Waals surface area contributed by atoms with Gasteiger partial charge in [-0.05, 0) is 77.2 Å². The summed E-state index contributed by atoms with van der Waals surface area (Å²) >= 11 is 0. The molecule has 1 aliphatic rings. The summed E-state index contributed by atoms with van der Waals surface area (Å²) in [6.45, 7) is 2.74. The first-order valence-corrected chi connectivity index (χ1v) is 20.0. The van der Waals surface area contributed by atoms with Crippen LogP contribution in [-0.4, -0.2) is 48.3 Å². The maximum absolute atomic E-state index is 13.8. The number of hydrogen-bond acceptors (Lipinski definition) is 5. The molecular formula is C50H49N3O5.